The molecule has 0 spiro atoms. The van der Waals surface area contributed by atoms with E-state index in [1.54, 1.807) is 6.20 Å². The lowest BCUT2D eigenvalue weighted by Crippen LogP contribution is -2.36. The maximum Gasteiger partial charge on any atom is 0.329 e. The van der Waals surface area contributed by atoms with Gasteiger partial charge < -0.3 is 14.7 Å². The molecule has 1 heterocycles. The van der Waals surface area contributed by atoms with E-state index in [0.717, 1.165) is 28.9 Å². The van der Waals surface area contributed by atoms with Gasteiger partial charge in [0.2, 0.25) is 0 Å². The Morgan fingerprint density at radius 3 is 2.17 bits per heavy atom. The number of carboxylic acids is 1. The second-order valence-electron chi connectivity index (χ2n) is 6.72. The van der Waals surface area contributed by atoms with Gasteiger partial charge in [-0.3, -0.25) is 4.98 Å². The van der Waals surface area contributed by atoms with Crippen LogP contribution in [-0.2, 0) is 9.53 Å². The predicted octanol–water partition coefficient (Wildman–Crippen LogP) is 4.47. The number of benzene rings is 2. The fourth-order valence-electron chi connectivity index (χ4n) is 3.11. The normalized spacial score (nSPS) is 11.8. The van der Waals surface area contributed by atoms with Gasteiger partial charge in [-0.25, -0.2) is 9.78 Å². The van der Waals surface area contributed by atoms with Crippen molar-refractivity contribution >= 4 is 11.8 Å². The molecule has 0 amide bonds. The van der Waals surface area contributed by atoms with Crippen LogP contribution in [-0.4, -0.2) is 40.9 Å². The largest absolute Gasteiger partial charge is 0.480 e. The van der Waals surface area contributed by atoms with Crippen LogP contribution in [0.1, 0.15) is 19.8 Å². The number of ether oxygens (including phenoxy) is 1. The number of carboxylic acid groups (broad SMARTS) is 1. The van der Waals surface area contributed by atoms with Crippen molar-refractivity contribution in [2.24, 2.45) is 0 Å². The molecule has 0 aliphatic heterocycles. The van der Waals surface area contributed by atoms with Crippen molar-refractivity contribution in [3.8, 4) is 22.5 Å². The molecule has 3 rings (SSSR count). The van der Waals surface area contributed by atoms with Gasteiger partial charge in [0.05, 0.1) is 17.6 Å². The molecule has 0 bridgehead atoms. The molecule has 6 heteroatoms. The summed E-state index contributed by atoms with van der Waals surface area (Å²) >= 11 is 0. The topological polar surface area (TPSA) is 75.6 Å². The van der Waals surface area contributed by atoms with E-state index >= 15 is 0 Å². The molecular formula is C23H25N3O3. The minimum absolute atomic E-state index is 0.351. The molecule has 6 nitrogen and oxygen atoms in total. The Bertz CT molecular complexity index is 933. The van der Waals surface area contributed by atoms with Crippen molar-refractivity contribution in [1.29, 1.82) is 0 Å². The second-order valence-corrected chi connectivity index (χ2v) is 6.72. The highest BCUT2D eigenvalue weighted by molar-refractivity contribution is 5.78. The van der Waals surface area contributed by atoms with E-state index in [0.29, 0.717) is 12.2 Å². The number of carbonyl (C=O) groups is 1. The Balaban J connectivity index is 2.01. The minimum Gasteiger partial charge on any atom is -0.480 e. The summed E-state index contributed by atoms with van der Waals surface area (Å²) in [5.41, 5.74) is 3.52. The van der Waals surface area contributed by atoms with E-state index in [2.05, 4.69) is 0 Å². The highest BCUT2D eigenvalue weighted by Gasteiger charge is 2.20. The van der Waals surface area contributed by atoms with Crippen LogP contribution in [0, 0.1) is 0 Å². The van der Waals surface area contributed by atoms with Crippen LogP contribution in [0.3, 0.4) is 0 Å². The van der Waals surface area contributed by atoms with E-state index in [1.165, 1.54) is 0 Å². The number of rotatable bonds is 9. The molecule has 1 unspecified atom stereocenters. The van der Waals surface area contributed by atoms with Gasteiger partial charge in [-0.15, -0.1) is 0 Å². The monoisotopic (exact) mass is 391 g/mol. The lowest BCUT2D eigenvalue weighted by molar-refractivity contribution is -0.144. The molecule has 1 aromatic heterocycles. The zero-order valence-corrected chi connectivity index (χ0v) is 16.7. The summed E-state index contributed by atoms with van der Waals surface area (Å²) in [6, 6.07) is 19.9. The minimum atomic E-state index is -0.991. The average Bonchev–Trinajstić information content (AvgIpc) is 2.77. The first-order valence-corrected chi connectivity index (χ1v) is 9.64. The molecule has 0 aliphatic rings. The average molecular weight is 391 g/mol. The maximum atomic E-state index is 10.9. The molecule has 0 radical (unpaired) electrons. The van der Waals surface area contributed by atoms with Crippen LogP contribution in [0.25, 0.3) is 22.5 Å². The first-order valence-electron chi connectivity index (χ1n) is 9.64. The molecule has 150 valence electrons. The van der Waals surface area contributed by atoms with Gasteiger partial charge in [-0.2, -0.15) is 0 Å². The molecular weight excluding hydrogens is 366 g/mol. The van der Waals surface area contributed by atoms with Gasteiger partial charge in [0.15, 0.2) is 0 Å². The summed E-state index contributed by atoms with van der Waals surface area (Å²) in [6.45, 7) is 1.68. The van der Waals surface area contributed by atoms with E-state index in [9.17, 15) is 4.79 Å². The Kier molecular flexibility index (Phi) is 6.92. The predicted molar refractivity (Wildman–Crippen MR) is 114 cm³/mol. The van der Waals surface area contributed by atoms with Gasteiger partial charge in [0.25, 0.3) is 0 Å². The van der Waals surface area contributed by atoms with Crippen LogP contribution in [0.15, 0.2) is 66.9 Å². The lowest BCUT2D eigenvalue weighted by Gasteiger charge is -2.28. The third-order valence-corrected chi connectivity index (χ3v) is 4.58. The third kappa shape index (κ3) is 5.18. The zero-order valence-electron chi connectivity index (χ0n) is 16.7. The lowest BCUT2D eigenvalue weighted by atomic mass is 10.0. The molecule has 0 saturated carbocycles. The van der Waals surface area contributed by atoms with E-state index in [1.807, 2.05) is 79.5 Å². The van der Waals surface area contributed by atoms with Gasteiger partial charge in [-0.05, 0) is 6.42 Å². The SMILES string of the molecule is CCCC(OCC(=O)O)N(C)c1cnc(-c2ccccc2)c(-c2ccccc2)n1. The van der Waals surface area contributed by atoms with Gasteiger partial charge in [-0.1, -0.05) is 74.0 Å². The standard InChI is InChI=1S/C23H25N3O3/c1-3-10-20(29-16-21(27)28)26(2)19-15-24-22(17-11-6-4-7-12-17)23(25-19)18-13-8-5-9-14-18/h4-9,11-15,20H,3,10,16H2,1-2H3,(H,27,28). The fraction of sp³-hybridized carbons (Fsp3) is 0.261. The van der Waals surface area contributed by atoms with E-state index in [-0.39, 0.29) is 6.61 Å². The van der Waals surface area contributed by atoms with Crippen molar-refractivity contribution in [3.63, 3.8) is 0 Å². The summed E-state index contributed by atoms with van der Waals surface area (Å²) in [5.74, 6) is -0.359. The van der Waals surface area contributed by atoms with Crippen LogP contribution >= 0.6 is 0 Å². The Morgan fingerprint density at radius 1 is 1.03 bits per heavy atom. The number of anilines is 1. The number of aliphatic carboxylic acids is 1. The molecule has 1 N–H and O–H groups in total. The molecule has 0 aliphatic carbocycles. The Hall–Kier alpha value is -3.25. The van der Waals surface area contributed by atoms with Crippen LogP contribution in [0.2, 0.25) is 0 Å². The number of aromatic nitrogens is 2. The van der Waals surface area contributed by atoms with Gasteiger partial charge in [0.1, 0.15) is 18.7 Å². The highest BCUT2D eigenvalue weighted by atomic mass is 16.5. The summed E-state index contributed by atoms with van der Waals surface area (Å²) in [4.78, 5) is 22.4. The van der Waals surface area contributed by atoms with Gasteiger partial charge in [0, 0.05) is 18.2 Å². The maximum absolute atomic E-state index is 10.9. The summed E-state index contributed by atoms with van der Waals surface area (Å²) in [6.07, 6.45) is 2.86. The van der Waals surface area contributed by atoms with Crippen LogP contribution < -0.4 is 4.90 Å². The van der Waals surface area contributed by atoms with Crippen molar-refractivity contribution in [2.45, 2.75) is 26.0 Å². The van der Waals surface area contributed by atoms with Crippen LogP contribution in [0.4, 0.5) is 5.82 Å². The molecule has 3 aromatic rings. The number of hydrogen-bond acceptors (Lipinski definition) is 5. The first kappa shape index (κ1) is 20.5. The first-order chi connectivity index (χ1) is 14.1. The molecule has 29 heavy (non-hydrogen) atoms. The van der Waals surface area contributed by atoms with Crippen molar-refractivity contribution in [2.75, 3.05) is 18.6 Å². The molecule has 0 fully saturated rings. The van der Waals surface area contributed by atoms with Crippen molar-refractivity contribution < 1.29 is 14.6 Å². The summed E-state index contributed by atoms with van der Waals surface area (Å²) in [5, 5.41) is 8.97. The third-order valence-electron chi connectivity index (χ3n) is 4.58. The molecule has 0 saturated heterocycles. The highest BCUT2D eigenvalue weighted by Crippen LogP contribution is 2.30. The number of hydrogen-bond donors (Lipinski definition) is 1. The van der Waals surface area contributed by atoms with E-state index < -0.39 is 12.2 Å². The van der Waals surface area contributed by atoms with Crippen LogP contribution in [0.5, 0.6) is 0 Å². The van der Waals surface area contributed by atoms with Gasteiger partial charge >= 0.3 is 5.97 Å². The zero-order chi connectivity index (χ0) is 20.6. The van der Waals surface area contributed by atoms with E-state index in [4.69, 9.17) is 19.8 Å². The number of nitrogens with zero attached hydrogens (tertiary/aromatic N) is 3. The molecule has 2 aromatic carbocycles. The van der Waals surface area contributed by atoms with Crippen molar-refractivity contribution in [3.05, 3.63) is 66.9 Å². The smallest absolute Gasteiger partial charge is 0.329 e. The summed E-state index contributed by atoms with van der Waals surface area (Å²) < 4.78 is 5.58. The fourth-order valence-corrected chi connectivity index (χ4v) is 3.11. The quantitative estimate of drug-likeness (QED) is 0.542. The van der Waals surface area contributed by atoms with Crippen molar-refractivity contribution in [1.82, 2.24) is 9.97 Å². The molecule has 1 atom stereocenters. The second kappa shape index (κ2) is 9.80. The Labute approximate surface area is 170 Å². The Morgan fingerprint density at radius 2 is 1.62 bits per heavy atom. The summed E-state index contributed by atoms with van der Waals surface area (Å²) in [7, 11) is 1.85.